The molecular formula is C11H18N4O. The molecule has 5 heteroatoms. The molecule has 0 unspecified atom stereocenters. The topological polar surface area (TPSA) is 64.3 Å². The zero-order valence-electron chi connectivity index (χ0n) is 10.0. The Balaban J connectivity index is 2.31. The molecular weight excluding hydrogens is 204 g/mol. The second kappa shape index (κ2) is 3.81. The maximum absolute atomic E-state index is 5.76. The fraction of sp³-hybridized carbons (Fsp3) is 0.636. The van der Waals surface area contributed by atoms with Gasteiger partial charge in [0.25, 0.3) is 0 Å². The van der Waals surface area contributed by atoms with E-state index in [1.165, 1.54) is 6.33 Å². The smallest absolute Gasteiger partial charge is 0.204 e. The fourth-order valence-electron chi connectivity index (χ4n) is 2.09. The molecule has 0 radical (unpaired) electrons. The number of hydrogen-bond donors (Lipinski definition) is 1. The van der Waals surface area contributed by atoms with E-state index in [2.05, 4.69) is 28.7 Å². The second-order valence-corrected chi connectivity index (χ2v) is 4.95. The Labute approximate surface area is 95.6 Å². The number of ether oxygens (including phenoxy) is 1. The van der Waals surface area contributed by atoms with Crippen molar-refractivity contribution in [3.05, 3.63) is 6.33 Å². The van der Waals surface area contributed by atoms with Gasteiger partial charge in [0.1, 0.15) is 6.33 Å². The molecule has 2 N–H and O–H groups in total. The number of nitrogens with two attached hydrogens (primary N) is 1. The Morgan fingerprint density at radius 2 is 2.19 bits per heavy atom. The molecule has 1 saturated heterocycles. The van der Waals surface area contributed by atoms with E-state index in [4.69, 9.17) is 10.5 Å². The zero-order valence-corrected chi connectivity index (χ0v) is 10.0. The van der Waals surface area contributed by atoms with Crippen LogP contribution in [0.1, 0.15) is 20.3 Å². The molecule has 88 valence electrons. The Bertz CT molecular complexity index is 392. The molecule has 0 saturated carbocycles. The van der Waals surface area contributed by atoms with Gasteiger partial charge in [0.05, 0.1) is 7.11 Å². The molecule has 1 fully saturated rings. The van der Waals surface area contributed by atoms with Crippen molar-refractivity contribution in [2.24, 2.45) is 5.41 Å². The van der Waals surface area contributed by atoms with Crippen molar-refractivity contribution in [2.75, 3.05) is 30.8 Å². The number of aromatic nitrogens is 2. The molecule has 5 nitrogen and oxygen atoms in total. The van der Waals surface area contributed by atoms with E-state index in [-0.39, 0.29) is 0 Å². The minimum Gasteiger partial charge on any atom is -0.490 e. The van der Waals surface area contributed by atoms with E-state index in [1.54, 1.807) is 7.11 Å². The first-order valence-corrected chi connectivity index (χ1v) is 5.43. The summed E-state index contributed by atoms with van der Waals surface area (Å²) in [5.74, 6) is 1.79. The summed E-state index contributed by atoms with van der Waals surface area (Å²) in [6.07, 6.45) is 2.64. The monoisotopic (exact) mass is 222 g/mol. The van der Waals surface area contributed by atoms with Crippen LogP contribution < -0.4 is 15.4 Å². The van der Waals surface area contributed by atoms with E-state index in [0.717, 1.165) is 25.3 Å². The van der Waals surface area contributed by atoms with Crippen LogP contribution in [0.4, 0.5) is 11.6 Å². The molecule has 2 rings (SSSR count). The molecule has 1 aromatic rings. The molecule has 1 aromatic heterocycles. The minimum atomic E-state index is 0.324. The van der Waals surface area contributed by atoms with E-state index in [1.807, 2.05) is 0 Å². The number of anilines is 2. The Morgan fingerprint density at radius 3 is 2.75 bits per heavy atom. The van der Waals surface area contributed by atoms with Crippen LogP contribution in [0.25, 0.3) is 0 Å². The fourth-order valence-corrected chi connectivity index (χ4v) is 2.09. The number of hydrogen-bond acceptors (Lipinski definition) is 5. The molecule has 0 aromatic carbocycles. The molecule has 0 amide bonds. The third-order valence-corrected chi connectivity index (χ3v) is 2.99. The van der Waals surface area contributed by atoms with E-state index in [9.17, 15) is 0 Å². The maximum Gasteiger partial charge on any atom is 0.204 e. The predicted molar refractivity (Wildman–Crippen MR) is 63.6 cm³/mol. The van der Waals surface area contributed by atoms with Gasteiger partial charge >= 0.3 is 0 Å². The van der Waals surface area contributed by atoms with Crippen molar-refractivity contribution in [3.63, 3.8) is 0 Å². The van der Waals surface area contributed by atoms with Crippen molar-refractivity contribution in [1.82, 2.24) is 9.97 Å². The van der Waals surface area contributed by atoms with E-state index < -0.39 is 0 Å². The van der Waals surface area contributed by atoms with Gasteiger partial charge < -0.3 is 15.4 Å². The van der Waals surface area contributed by atoms with Crippen LogP contribution in [0.3, 0.4) is 0 Å². The summed E-state index contributed by atoms with van der Waals surface area (Å²) in [5.41, 5.74) is 6.09. The molecule has 2 heterocycles. The van der Waals surface area contributed by atoms with Gasteiger partial charge in [-0.1, -0.05) is 13.8 Å². The highest BCUT2D eigenvalue weighted by Crippen LogP contribution is 2.37. The summed E-state index contributed by atoms with van der Waals surface area (Å²) in [7, 11) is 1.60. The van der Waals surface area contributed by atoms with Crippen LogP contribution in [0.5, 0.6) is 5.75 Å². The lowest BCUT2D eigenvalue weighted by molar-refractivity contribution is 0.408. The lowest BCUT2D eigenvalue weighted by atomic mass is 9.93. The highest BCUT2D eigenvalue weighted by atomic mass is 16.5. The lowest BCUT2D eigenvalue weighted by Crippen LogP contribution is -2.24. The average Bonchev–Trinajstić information content (AvgIpc) is 2.58. The Kier molecular flexibility index (Phi) is 2.61. The first-order valence-electron chi connectivity index (χ1n) is 5.43. The van der Waals surface area contributed by atoms with Crippen LogP contribution in [-0.4, -0.2) is 30.2 Å². The van der Waals surface area contributed by atoms with Crippen LogP contribution in [0.15, 0.2) is 6.33 Å². The average molecular weight is 222 g/mol. The van der Waals surface area contributed by atoms with Crippen LogP contribution in [-0.2, 0) is 0 Å². The van der Waals surface area contributed by atoms with Crippen LogP contribution in [0, 0.1) is 5.41 Å². The third kappa shape index (κ3) is 1.89. The quantitative estimate of drug-likeness (QED) is 0.817. The number of rotatable bonds is 2. The molecule has 0 atom stereocenters. The highest BCUT2D eigenvalue weighted by molar-refractivity contribution is 5.63. The van der Waals surface area contributed by atoms with Gasteiger partial charge in [0.2, 0.25) is 5.75 Å². The second-order valence-electron chi connectivity index (χ2n) is 4.95. The summed E-state index contributed by atoms with van der Waals surface area (Å²) in [6, 6.07) is 0. The highest BCUT2D eigenvalue weighted by Gasteiger charge is 2.31. The summed E-state index contributed by atoms with van der Waals surface area (Å²) < 4.78 is 5.27. The van der Waals surface area contributed by atoms with Crippen LogP contribution >= 0.6 is 0 Å². The number of methoxy groups -OCH3 is 1. The van der Waals surface area contributed by atoms with Crippen molar-refractivity contribution in [1.29, 1.82) is 0 Å². The van der Waals surface area contributed by atoms with Crippen molar-refractivity contribution >= 4 is 11.6 Å². The van der Waals surface area contributed by atoms with Crippen molar-refractivity contribution < 1.29 is 4.74 Å². The lowest BCUT2D eigenvalue weighted by Gasteiger charge is -2.22. The number of nitrogen functional groups attached to an aromatic ring is 1. The Hall–Kier alpha value is -1.52. The van der Waals surface area contributed by atoms with Crippen LogP contribution in [0.2, 0.25) is 0 Å². The largest absolute Gasteiger partial charge is 0.490 e. The predicted octanol–water partition coefficient (Wildman–Crippen LogP) is 1.30. The first kappa shape index (κ1) is 11.0. The minimum absolute atomic E-state index is 0.324. The van der Waals surface area contributed by atoms with E-state index >= 15 is 0 Å². The van der Waals surface area contributed by atoms with Crippen molar-refractivity contribution in [2.45, 2.75) is 20.3 Å². The van der Waals surface area contributed by atoms with Gasteiger partial charge in [-0.05, 0) is 11.8 Å². The van der Waals surface area contributed by atoms with Gasteiger partial charge in [-0.25, -0.2) is 9.97 Å². The molecule has 0 spiro atoms. The van der Waals surface area contributed by atoms with Gasteiger partial charge in [-0.2, -0.15) is 0 Å². The Morgan fingerprint density at radius 1 is 1.44 bits per heavy atom. The first-order chi connectivity index (χ1) is 7.53. The molecule has 0 aliphatic carbocycles. The summed E-state index contributed by atoms with van der Waals surface area (Å²) in [5, 5.41) is 0. The molecule has 16 heavy (non-hydrogen) atoms. The van der Waals surface area contributed by atoms with Crippen molar-refractivity contribution in [3.8, 4) is 5.75 Å². The summed E-state index contributed by atoms with van der Waals surface area (Å²) in [6.45, 7) is 6.47. The van der Waals surface area contributed by atoms with E-state index in [0.29, 0.717) is 17.0 Å². The third-order valence-electron chi connectivity index (χ3n) is 2.99. The normalized spacial score (nSPS) is 18.8. The van der Waals surface area contributed by atoms with Gasteiger partial charge in [0, 0.05) is 13.1 Å². The SMILES string of the molecule is COc1c(N)ncnc1N1CCC(C)(C)C1. The summed E-state index contributed by atoms with van der Waals surface area (Å²) in [4.78, 5) is 10.4. The summed E-state index contributed by atoms with van der Waals surface area (Å²) >= 11 is 0. The maximum atomic E-state index is 5.76. The standard InChI is InChI=1S/C11H18N4O/c1-11(2)4-5-15(6-11)10-8(16-3)9(12)13-7-14-10/h7H,4-6H2,1-3H3,(H2,12,13,14). The molecule has 1 aliphatic rings. The van der Waals surface area contributed by atoms with Gasteiger partial charge in [0.15, 0.2) is 11.6 Å². The molecule has 0 bridgehead atoms. The van der Waals surface area contributed by atoms with Gasteiger partial charge in [-0.15, -0.1) is 0 Å². The van der Waals surface area contributed by atoms with Gasteiger partial charge in [-0.3, -0.25) is 0 Å². The zero-order chi connectivity index (χ0) is 11.8. The molecule has 1 aliphatic heterocycles. The number of nitrogens with zero attached hydrogens (tertiary/aromatic N) is 3.